The van der Waals surface area contributed by atoms with Gasteiger partial charge in [-0.05, 0) is 37.1 Å². The second-order valence-corrected chi connectivity index (χ2v) is 4.29. The molecule has 0 heterocycles. The van der Waals surface area contributed by atoms with Crippen molar-refractivity contribution in [2.45, 2.75) is 20.3 Å². The third kappa shape index (κ3) is 4.08. The van der Waals surface area contributed by atoms with E-state index in [-0.39, 0.29) is 19.0 Å². The fraction of sp³-hybridized carbons (Fsp3) is 0.385. The molecule has 0 saturated carbocycles. The topological polar surface area (TPSA) is 69.6 Å². The lowest BCUT2D eigenvalue weighted by molar-refractivity contribution is -0.137. The first-order chi connectivity index (χ1) is 8.40. The minimum atomic E-state index is -0.916. The largest absolute Gasteiger partial charge is 0.481 e. The van der Waals surface area contributed by atoms with Gasteiger partial charge in [0.25, 0.3) is 0 Å². The van der Waals surface area contributed by atoms with Gasteiger partial charge in [0.05, 0.1) is 6.42 Å². The molecule has 0 aromatic heterocycles. The van der Waals surface area contributed by atoms with Crippen molar-refractivity contribution in [1.82, 2.24) is 4.90 Å². The first kappa shape index (κ1) is 14.0. The predicted octanol–water partition coefficient (Wildman–Crippen LogP) is 2.24. The molecule has 2 N–H and O–H groups in total. The highest BCUT2D eigenvalue weighted by molar-refractivity contribution is 5.89. The molecule has 5 heteroatoms. The van der Waals surface area contributed by atoms with Gasteiger partial charge in [0, 0.05) is 19.3 Å². The van der Waals surface area contributed by atoms with Gasteiger partial charge < -0.3 is 15.3 Å². The van der Waals surface area contributed by atoms with Crippen molar-refractivity contribution in [3.8, 4) is 0 Å². The Morgan fingerprint density at radius 1 is 1.28 bits per heavy atom. The van der Waals surface area contributed by atoms with Crippen LogP contribution in [0.4, 0.5) is 10.5 Å². The van der Waals surface area contributed by atoms with E-state index < -0.39 is 5.97 Å². The highest BCUT2D eigenvalue weighted by Crippen LogP contribution is 2.14. The van der Waals surface area contributed by atoms with E-state index in [1.165, 1.54) is 4.90 Å². The Kier molecular flexibility index (Phi) is 4.71. The number of rotatable bonds is 4. The highest BCUT2D eigenvalue weighted by Gasteiger charge is 2.10. The highest BCUT2D eigenvalue weighted by atomic mass is 16.4. The zero-order valence-electron chi connectivity index (χ0n) is 10.9. The number of hydrogen-bond acceptors (Lipinski definition) is 2. The third-order valence-electron chi connectivity index (χ3n) is 2.77. The molecule has 0 radical (unpaired) electrons. The summed E-state index contributed by atoms with van der Waals surface area (Å²) in [7, 11) is 1.57. The average Bonchev–Trinajstić information content (AvgIpc) is 2.30. The molecule has 0 bridgehead atoms. The smallest absolute Gasteiger partial charge is 0.321 e. The van der Waals surface area contributed by atoms with Crippen molar-refractivity contribution in [2.75, 3.05) is 18.9 Å². The molecule has 1 aromatic carbocycles. The molecule has 5 nitrogen and oxygen atoms in total. The molecule has 0 fully saturated rings. The first-order valence-corrected chi connectivity index (χ1v) is 5.71. The lowest BCUT2D eigenvalue weighted by Crippen LogP contribution is -2.33. The maximum Gasteiger partial charge on any atom is 0.321 e. The fourth-order valence-electron chi connectivity index (χ4n) is 1.40. The molecule has 0 atom stereocenters. The third-order valence-corrected chi connectivity index (χ3v) is 2.77. The Labute approximate surface area is 106 Å². The standard InChI is InChI=1S/C13H18N2O3/c1-9-4-5-11(8-10(9)2)14-13(18)15(3)7-6-12(16)17/h4-5,8H,6-7H2,1-3H3,(H,14,18)(H,16,17). The van der Waals surface area contributed by atoms with Gasteiger partial charge in [0.15, 0.2) is 0 Å². The van der Waals surface area contributed by atoms with Gasteiger partial charge in [0.1, 0.15) is 0 Å². The van der Waals surface area contributed by atoms with Crippen molar-refractivity contribution < 1.29 is 14.7 Å². The molecule has 0 aliphatic carbocycles. The maximum atomic E-state index is 11.7. The number of aliphatic carboxylic acids is 1. The quantitative estimate of drug-likeness (QED) is 0.861. The second-order valence-electron chi connectivity index (χ2n) is 4.29. The summed E-state index contributed by atoms with van der Waals surface area (Å²) >= 11 is 0. The lowest BCUT2D eigenvalue weighted by Gasteiger charge is -2.17. The Hall–Kier alpha value is -2.04. The zero-order valence-corrected chi connectivity index (χ0v) is 10.9. The molecule has 2 amide bonds. The molecule has 1 aromatic rings. The summed E-state index contributed by atoms with van der Waals surface area (Å²) in [6, 6.07) is 5.34. The molecular weight excluding hydrogens is 232 g/mol. The summed E-state index contributed by atoms with van der Waals surface area (Å²) in [6.07, 6.45) is -0.0587. The van der Waals surface area contributed by atoms with Crippen LogP contribution in [0.5, 0.6) is 0 Å². The van der Waals surface area contributed by atoms with Crippen LogP contribution in [0.1, 0.15) is 17.5 Å². The van der Waals surface area contributed by atoms with Crippen LogP contribution in [0.15, 0.2) is 18.2 Å². The predicted molar refractivity (Wildman–Crippen MR) is 69.8 cm³/mol. The van der Waals surface area contributed by atoms with E-state index in [0.717, 1.165) is 11.1 Å². The number of aryl methyl sites for hydroxylation is 2. The molecule has 0 saturated heterocycles. The van der Waals surface area contributed by atoms with Gasteiger partial charge in [-0.15, -0.1) is 0 Å². The van der Waals surface area contributed by atoms with Gasteiger partial charge in [-0.25, -0.2) is 4.79 Å². The van der Waals surface area contributed by atoms with E-state index in [1.807, 2.05) is 32.0 Å². The van der Waals surface area contributed by atoms with Crippen molar-refractivity contribution in [1.29, 1.82) is 0 Å². The van der Waals surface area contributed by atoms with Gasteiger partial charge >= 0.3 is 12.0 Å². The van der Waals surface area contributed by atoms with E-state index in [0.29, 0.717) is 5.69 Å². The average molecular weight is 250 g/mol. The maximum absolute atomic E-state index is 11.7. The van der Waals surface area contributed by atoms with Crippen LogP contribution in [0.3, 0.4) is 0 Å². The SMILES string of the molecule is Cc1ccc(NC(=O)N(C)CCC(=O)O)cc1C. The van der Waals surface area contributed by atoms with Gasteiger partial charge in [-0.1, -0.05) is 6.07 Å². The molecule has 1 rings (SSSR count). The van der Waals surface area contributed by atoms with Crippen molar-refractivity contribution >= 4 is 17.7 Å². The van der Waals surface area contributed by atoms with E-state index in [9.17, 15) is 9.59 Å². The minimum Gasteiger partial charge on any atom is -0.481 e. The van der Waals surface area contributed by atoms with E-state index in [1.54, 1.807) is 7.05 Å². The Morgan fingerprint density at radius 2 is 1.94 bits per heavy atom. The number of nitrogens with one attached hydrogen (secondary N) is 1. The summed E-state index contributed by atoms with van der Waals surface area (Å²) < 4.78 is 0. The number of carboxylic acid groups (broad SMARTS) is 1. The monoisotopic (exact) mass is 250 g/mol. The lowest BCUT2D eigenvalue weighted by atomic mass is 10.1. The van der Waals surface area contributed by atoms with Crippen molar-refractivity contribution in [2.24, 2.45) is 0 Å². The Bertz CT molecular complexity index is 458. The second kappa shape index (κ2) is 6.05. The van der Waals surface area contributed by atoms with Crippen LogP contribution in [0.25, 0.3) is 0 Å². The number of amides is 2. The number of hydrogen-bond donors (Lipinski definition) is 2. The molecule has 0 spiro atoms. The number of benzene rings is 1. The molecule has 0 aliphatic heterocycles. The minimum absolute atomic E-state index is 0.0587. The van der Waals surface area contributed by atoms with Crippen LogP contribution in [-0.4, -0.2) is 35.6 Å². The van der Waals surface area contributed by atoms with E-state index in [4.69, 9.17) is 5.11 Å². The van der Waals surface area contributed by atoms with Gasteiger partial charge in [-0.2, -0.15) is 0 Å². The van der Waals surface area contributed by atoms with E-state index in [2.05, 4.69) is 5.32 Å². The molecule has 98 valence electrons. The van der Waals surface area contributed by atoms with Crippen LogP contribution in [0, 0.1) is 13.8 Å². The fourth-order valence-corrected chi connectivity index (χ4v) is 1.40. The normalized spacial score (nSPS) is 9.94. The first-order valence-electron chi connectivity index (χ1n) is 5.71. The summed E-state index contributed by atoms with van der Waals surface area (Å²) in [4.78, 5) is 23.5. The Morgan fingerprint density at radius 3 is 2.50 bits per heavy atom. The zero-order chi connectivity index (χ0) is 13.7. The number of carboxylic acids is 1. The summed E-state index contributed by atoms with van der Waals surface area (Å²) in [5.41, 5.74) is 2.97. The van der Waals surface area contributed by atoms with Crippen LogP contribution < -0.4 is 5.32 Å². The number of carbonyl (C=O) groups is 2. The number of carbonyl (C=O) groups excluding carboxylic acids is 1. The van der Waals surface area contributed by atoms with Crippen LogP contribution >= 0.6 is 0 Å². The summed E-state index contributed by atoms with van der Waals surface area (Å²) in [6.45, 7) is 4.16. The van der Waals surface area contributed by atoms with Gasteiger partial charge in [-0.3, -0.25) is 4.79 Å². The molecular formula is C13H18N2O3. The molecule has 0 aliphatic rings. The molecule has 0 unspecified atom stereocenters. The van der Waals surface area contributed by atoms with Crippen LogP contribution in [0.2, 0.25) is 0 Å². The number of anilines is 1. The van der Waals surface area contributed by atoms with Crippen molar-refractivity contribution in [3.05, 3.63) is 29.3 Å². The van der Waals surface area contributed by atoms with Crippen LogP contribution in [-0.2, 0) is 4.79 Å². The summed E-state index contributed by atoms with van der Waals surface area (Å²) in [5, 5.41) is 11.3. The summed E-state index contributed by atoms with van der Waals surface area (Å²) in [5.74, 6) is -0.916. The van der Waals surface area contributed by atoms with E-state index >= 15 is 0 Å². The molecule has 18 heavy (non-hydrogen) atoms. The number of urea groups is 1. The van der Waals surface area contributed by atoms with Crippen molar-refractivity contribution in [3.63, 3.8) is 0 Å². The Balaban J connectivity index is 2.58. The number of nitrogens with zero attached hydrogens (tertiary/aromatic N) is 1. The van der Waals surface area contributed by atoms with Gasteiger partial charge in [0.2, 0.25) is 0 Å².